The number of Topliss-reactive ketones (excluding diaryl/α,β-unsaturated/α-hetero) is 2. The van der Waals surface area contributed by atoms with Crippen molar-refractivity contribution in [1.29, 1.82) is 0 Å². The van der Waals surface area contributed by atoms with E-state index < -0.39 is 0 Å². The van der Waals surface area contributed by atoms with Crippen LogP contribution < -0.4 is 0 Å². The number of carbonyl (C=O) groups is 2. The van der Waals surface area contributed by atoms with E-state index in [0.717, 1.165) is 16.7 Å². The number of rotatable bonds is 5. The molecule has 5 nitrogen and oxygen atoms in total. The maximum atomic E-state index is 10.9. The molecule has 0 bridgehead atoms. The average Bonchev–Trinajstić information content (AvgIpc) is 2.61. The third-order valence-corrected chi connectivity index (χ3v) is 3.50. The van der Waals surface area contributed by atoms with E-state index in [4.69, 9.17) is 17.1 Å². The van der Waals surface area contributed by atoms with E-state index in [0.29, 0.717) is 18.0 Å². The Morgan fingerprint density at radius 2 is 1.33 bits per heavy atom. The van der Waals surface area contributed by atoms with Crippen LogP contribution in [0.4, 0.5) is 0 Å². The largest absolute Gasteiger partial charge is 0.295 e. The lowest BCUT2D eigenvalue weighted by Crippen LogP contribution is -1.91. The molecule has 6 heteroatoms. The lowest BCUT2D eigenvalue weighted by Gasteiger charge is -1.97. The van der Waals surface area contributed by atoms with Crippen molar-refractivity contribution >= 4 is 23.2 Å². The Balaban J connectivity index is 0.000000243. The van der Waals surface area contributed by atoms with Crippen molar-refractivity contribution in [3.05, 3.63) is 81.2 Å². The number of benzene rings is 2. The summed E-state index contributed by atoms with van der Waals surface area (Å²) in [5.74, 6) is 0.625. The third kappa shape index (κ3) is 6.65. The molecular formula is C18H18ClN3O2. The molecular weight excluding hydrogens is 326 g/mol. The van der Waals surface area contributed by atoms with E-state index in [1.807, 2.05) is 12.1 Å². The highest BCUT2D eigenvalue weighted by Gasteiger charge is 1.98. The van der Waals surface area contributed by atoms with Crippen LogP contribution in [0, 0.1) is 0 Å². The molecule has 0 radical (unpaired) electrons. The molecule has 124 valence electrons. The summed E-state index contributed by atoms with van der Waals surface area (Å²) in [5, 5.41) is 3.41. The van der Waals surface area contributed by atoms with Crippen LogP contribution in [0.25, 0.3) is 10.4 Å². The Morgan fingerprint density at radius 1 is 0.917 bits per heavy atom. The maximum Gasteiger partial charge on any atom is 0.159 e. The first kappa shape index (κ1) is 19.4. The number of hydrogen-bond donors (Lipinski definition) is 0. The van der Waals surface area contributed by atoms with Gasteiger partial charge in [-0.05, 0) is 30.5 Å². The van der Waals surface area contributed by atoms with Gasteiger partial charge in [0.1, 0.15) is 0 Å². The summed E-state index contributed by atoms with van der Waals surface area (Å²) >= 11 is 5.57. The molecule has 2 aromatic rings. The van der Waals surface area contributed by atoms with E-state index in [-0.39, 0.29) is 11.6 Å². The number of nitrogens with zero attached hydrogens (tertiary/aromatic N) is 3. The smallest absolute Gasteiger partial charge is 0.159 e. The summed E-state index contributed by atoms with van der Waals surface area (Å²) in [6.45, 7) is 3.40. The van der Waals surface area contributed by atoms with Crippen LogP contribution in [-0.2, 0) is 12.4 Å². The third-order valence-electron chi connectivity index (χ3n) is 3.19. The minimum atomic E-state index is 0.0373. The van der Waals surface area contributed by atoms with Gasteiger partial charge in [0.25, 0.3) is 0 Å². The summed E-state index contributed by atoms with van der Waals surface area (Å²) in [5.41, 5.74) is 11.4. The van der Waals surface area contributed by atoms with Gasteiger partial charge in [-0.3, -0.25) is 9.59 Å². The molecule has 0 N–H and O–H groups in total. The summed E-state index contributed by atoms with van der Waals surface area (Å²) in [6, 6.07) is 14.3. The molecule has 0 atom stereocenters. The Labute approximate surface area is 145 Å². The van der Waals surface area contributed by atoms with Crippen molar-refractivity contribution in [3.8, 4) is 0 Å². The first-order chi connectivity index (χ1) is 11.5. The van der Waals surface area contributed by atoms with Crippen molar-refractivity contribution in [1.82, 2.24) is 0 Å². The number of hydrogen-bond acceptors (Lipinski definition) is 3. The summed E-state index contributed by atoms with van der Waals surface area (Å²) < 4.78 is 0. The van der Waals surface area contributed by atoms with Crippen LogP contribution in [0.5, 0.6) is 0 Å². The first-order valence-electron chi connectivity index (χ1n) is 7.24. The van der Waals surface area contributed by atoms with E-state index in [9.17, 15) is 9.59 Å². The van der Waals surface area contributed by atoms with Crippen LogP contribution >= 0.6 is 11.6 Å². The van der Waals surface area contributed by atoms with E-state index in [1.165, 1.54) is 6.92 Å². The molecule has 0 saturated heterocycles. The predicted molar refractivity (Wildman–Crippen MR) is 95.3 cm³/mol. The molecule has 2 rings (SSSR count). The van der Waals surface area contributed by atoms with Crippen LogP contribution in [-0.4, -0.2) is 11.6 Å². The molecule has 0 fully saturated rings. The monoisotopic (exact) mass is 343 g/mol. The Morgan fingerprint density at radius 3 is 1.67 bits per heavy atom. The van der Waals surface area contributed by atoms with Gasteiger partial charge in [0.15, 0.2) is 11.6 Å². The van der Waals surface area contributed by atoms with Crippen LogP contribution in [0.3, 0.4) is 0 Å². The number of alkyl halides is 1. The molecule has 0 aromatic heterocycles. The summed E-state index contributed by atoms with van der Waals surface area (Å²) in [7, 11) is 0. The molecule has 2 aromatic carbocycles. The standard InChI is InChI=1S/C9H9ClO.C9H9N3O/c1-7(11)9-4-2-8(6-10)3-5-9;1-7(13)9-4-2-8(3-5-9)6-11-12-10/h2-5H,6H2,1H3;2-5H,6H2,1H3. The van der Waals surface area contributed by atoms with Gasteiger partial charge in [0, 0.05) is 21.9 Å². The van der Waals surface area contributed by atoms with E-state index in [1.54, 1.807) is 43.3 Å². The van der Waals surface area contributed by atoms with E-state index >= 15 is 0 Å². The van der Waals surface area contributed by atoms with Crippen molar-refractivity contribution in [2.24, 2.45) is 5.11 Å². The second-order valence-corrected chi connectivity index (χ2v) is 5.30. The zero-order chi connectivity index (χ0) is 17.9. The number of halogens is 1. The SMILES string of the molecule is CC(=O)c1ccc(CCl)cc1.CC(=O)c1ccc(CN=[N+]=[N-])cc1. The lowest BCUT2D eigenvalue weighted by atomic mass is 10.1. The fraction of sp³-hybridized carbons (Fsp3) is 0.222. The fourth-order valence-corrected chi connectivity index (χ4v) is 1.96. The second-order valence-electron chi connectivity index (χ2n) is 5.03. The minimum absolute atomic E-state index is 0.0373. The van der Waals surface area contributed by atoms with Gasteiger partial charge >= 0.3 is 0 Å². The predicted octanol–water partition coefficient (Wildman–Crippen LogP) is 5.33. The molecule has 0 heterocycles. The zero-order valence-electron chi connectivity index (χ0n) is 13.6. The van der Waals surface area contributed by atoms with Crippen LogP contribution in [0.2, 0.25) is 0 Å². The van der Waals surface area contributed by atoms with Gasteiger partial charge in [-0.15, -0.1) is 11.6 Å². The second kappa shape index (κ2) is 10.2. The average molecular weight is 344 g/mol. The molecule has 0 amide bonds. The summed E-state index contributed by atoms with van der Waals surface area (Å²) in [6.07, 6.45) is 0. The Kier molecular flexibility index (Phi) is 8.26. The molecule has 24 heavy (non-hydrogen) atoms. The number of ketones is 2. The molecule has 0 aliphatic heterocycles. The fourth-order valence-electron chi connectivity index (χ4n) is 1.79. The normalized spacial score (nSPS) is 9.29. The highest BCUT2D eigenvalue weighted by molar-refractivity contribution is 6.17. The van der Waals surface area contributed by atoms with Crippen molar-refractivity contribution in [3.63, 3.8) is 0 Å². The number of carbonyl (C=O) groups excluding carboxylic acids is 2. The molecule has 0 aliphatic carbocycles. The van der Waals surface area contributed by atoms with Gasteiger partial charge in [0.2, 0.25) is 0 Å². The van der Waals surface area contributed by atoms with Gasteiger partial charge in [-0.25, -0.2) is 0 Å². The van der Waals surface area contributed by atoms with Crippen molar-refractivity contribution in [2.75, 3.05) is 0 Å². The van der Waals surface area contributed by atoms with Crippen molar-refractivity contribution in [2.45, 2.75) is 26.3 Å². The summed E-state index contributed by atoms with van der Waals surface area (Å²) in [4.78, 5) is 24.3. The van der Waals surface area contributed by atoms with Crippen LogP contribution in [0.1, 0.15) is 45.7 Å². The van der Waals surface area contributed by atoms with Gasteiger partial charge in [-0.1, -0.05) is 53.6 Å². The maximum absolute atomic E-state index is 10.9. The van der Waals surface area contributed by atoms with Crippen molar-refractivity contribution < 1.29 is 9.59 Å². The topological polar surface area (TPSA) is 82.9 Å². The highest BCUT2D eigenvalue weighted by atomic mass is 35.5. The number of azide groups is 1. The molecule has 0 aliphatic rings. The lowest BCUT2D eigenvalue weighted by molar-refractivity contribution is 0.100. The molecule has 0 spiro atoms. The Hall–Kier alpha value is -2.62. The van der Waals surface area contributed by atoms with Gasteiger partial charge < -0.3 is 0 Å². The minimum Gasteiger partial charge on any atom is -0.295 e. The van der Waals surface area contributed by atoms with Gasteiger partial charge in [-0.2, -0.15) is 0 Å². The first-order valence-corrected chi connectivity index (χ1v) is 7.78. The zero-order valence-corrected chi connectivity index (χ0v) is 14.3. The quantitative estimate of drug-likeness (QED) is 0.242. The van der Waals surface area contributed by atoms with E-state index in [2.05, 4.69) is 10.0 Å². The van der Waals surface area contributed by atoms with Crippen LogP contribution in [0.15, 0.2) is 53.6 Å². The molecule has 0 unspecified atom stereocenters. The van der Waals surface area contributed by atoms with Gasteiger partial charge in [0.05, 0.1) is 6.54 Å². The molecule has 0 saturated carbocycles. The Bertz CT molecular complexity index is 734. The highest BCUT2D eigenvalue weighted by Crippen LogP contribution is 2.07.